The average molecular weight is 356 g/mol. The summed E-state index contributed by atoms with van der Waals surface area (Å²) in [6.07, 6.45) is 7.03. The van der Waals surface area contributed by atoms with Gasteiger partial charge in [0.1, 0.15) is 0 Å². The second-order valence-electron chi connectivity index (χ2n) is 7.08. The molecule has 0 saturated carbocycles. The van der Waals surface area contributed by atoms with Gasteiger partial charge in [-0.2, -0.15) is 5.10 Å². The zero-order valence-electron chi connectivity index (χ0n) is 15.9. The van der Waals surface area contributed by atoms with Crippen molar-refractivity contribution in [2.45, 2.75) is 39.5 Å². The summed E-state index contributed by atoms with van der Waals surface area (Å²) in [5.41, 5.74) is 3.34. The smallest absolute Gasteiger partial charge is 0.225 e. The Hall–Kier alpha value is -2.44. The normalized spacial score (nSPS) is 17.3. The Kier molecular flexibility index (Phi) is 5.85. The lowest BCUT2D eigenvalue weighted by Gasteiger charge is -2.32. The van der Waals surface area contributed by atoms with E-state index in [0.717, 1.165) is 49.7 Å². The molecule has 1 aliphatic heterocycles. The van der Waals surface area contributed by atoms with Gasteiger partial charge in [0, 0.05) is 51.2 Å². The van der Waals surface area contributed by atoms with Crippen LogP contribution in [0.1, 0.15) is 36.2 Å². The molecule has 1 amide bonds. The number of piperidine rings is 1. The summed E-state index contributed by atoms with van der Waals surface area (Å²) >= 11 is 0. The number of aromatic nitrogens is 4. The zero-order valence-corrected chi connectivity index (χ0v) is 15.9. The van der Waals surface area contributed by atoms with Gasteiger partial charge < -0.3 is 10.2 Å². The Balaban J connectivity index is 1.45. The maximum absolute atomic E-state index is 12.3. The Morgan fingerprint density at radius 2 is 2.08 bits per heavy atom. The van der Waals surface area contributed by atoms with Crippen molar-refractivity contribution in [1.82, 2.24) is 25.1 Å². The summed E-state index contributed by atoms with van der Waals surface area (Å²) in [5.74, 6) is 1.34. The molecule has 0 aliphatic carbocycles. The van der Waals surface area contributed by atoms with Crippen LogP contribution in [0.25, 0.3) is 0 Å². The fourth-order valence-corrected chi connectivity index (χ4v) is 3.63. The van der Waals surface area contributed by atoms with Crippen molar-refractivity contribution in [2.24, 2.45) is 13.0 Å². The second kappa shape index (κ2) is 8.29. The molecule has 2 aromatic heterocycles. The fourth-order valence-electron chi connectivity index (χ4n) is 3.63. The van der Waals surface area contributed by atoms with E-state index < -0.39 is 0 Å². The Morgan fingerprint density at radius 3 is 2.77 bits per heavy atom. The van der Waals surface area contributed by atoms with Gasteiger partial charge >= 0.3 is 0 Å². The van der Waals surface area contributed by atoms with Crippen molar-refractivity contribution >= 4 is 11.9 Å². The van der Waals surface area contributed by atoms with Gasteiger partial charge in [0.05, 0.1) is 5.69 Å². The molecule has 140 valence electrons. The van der Waals surface area contributed by atoms with E-state index in [-0.39, 0.29) is 5.91 Å². The molecule has 0 spiro atoms. The van der Waals surface area contributed by atoms with Crippen LogP contribution in [0.3, 0.4) is 0 Å². The molecule has 0 radical (unpaired) electrons. The maximum atomic E-state index is 12.3. The van der Waals surface area contributed by atoms with Gasteiger partial charge in [-0.1, -0.05) is 0 Å². The van der Waals surface area contributed by atoms with Gasteiger partial charge in [-0.05, 0) is 50.7 Å². The van der Waals surface area contributed by atoms with Gasteiger partial charge in [0.2, 0.25) is 11.9 Å². The van der Waals surface area contributed by atoms with Crippen molar-refractivity contribution < 1.29 is 4.79 Å². The molecular formula is C19H28N6O. The molecule has 3 heterocycles. The molecule has 0 aromatic carbocycles. The number of nitrogens with zero attached hydrogens (tertiary/aromatic N) is 5. The van der Waals surface area contributed by atoms with E-state index in [1.54, 1.807) is 12.4 Å². The number of rotatable bonds is 6. The number of nitrogens with one attached hydrogen (secondary N) is 1. The molecule has 1 saturated heterocycles. The van der Waals surface area contributed by atoms with E-state index in [1.165, 1.54) is 5.56 Å². The van der Waals surface area contributed by atoms with Gasteiger partial charge in [-0.3, -0.25) is 9.48 Å². The Labute approximate surface area is 154 Å². The minimum Gasteiger partial charge on any atom is -0.356 e. The molecule has 1 aliphatic rings. The first-order valence-electron chi connectivity index (χ1n) is 9.32. The second-order valence-corrected chi connectivity index (χ2v) is 7.08. The molecular weight excluding hydrogens is 328 g/mol. The summed E-state index contributed by atoms with van der Waals surface area (Å²) < 4.78 is 1.88. The van der Waals surface area contributed by atoms with Crippen molar-refractivity contribution in [3.8, 4) is 0 Å². The minimum absolute atomic E-state index is 0.112. The number of carbonyl (C=O) groups excluding carboxylic acids is 1. The maximum Gasteiger partial charge on any atom is 0.225 e. The highest BCUT2D eigenvalue weighted by molar-refractivity contribution is 5.76. The third kappa shape index (κ3) is 4.39. The number of hydrogen-bond donors (Lipinski definition) is 1. The molecule has 2 aromatic rings. The van der Waals surface area contributed by atoms with Crippen molar-refractivity contribution in [2.75, 3.05) is 24.5 Å². The highest BCUT2D eigenvalue weighted by Crippen LogP contribution is 2.19. The lowest BCUT2D eigenvalue weighted by atomic mass is 9.98. The lowest BCUT2D eigenvalue weighted by Crippen LogP contribution is -2.41. The predicted molar refractivity (Wildman–Crippen MR) is 101 cm³/mol. The monoisotopic (exact) mass is 356 g/mol. The zero-order chi connectivity index (χ0) is 18.5. The molecule has 7 nitrogen and oxygen atoms in total. The highest BCUT2D eigenvalue weighted by atomic mass is 16.1. The molecule has 1 fully saturated rings. The molecule has 1 unspecified atom stereocenters. The van der Waals surface area contributed by atoms with Crippen LogP contribution < -0.4 is 10.2 Å². The molecule has 3 rings (SSSR count). The molecule has 0 bridgehead atoms. The Morgan fingerprint density at radius 1 is 1.31 bits per heavy atom. The first-order valence-corrected chi connectivity index (χ1v) is 9.32. The number of aryl methyl sites for hydroxylation is 2. The standard InChI is InChI=1S/C19H28N6O/c1-14-17(15(2)24(3)23-14)7-8-18(26)22-12-16-6-4-11-25(13-16)19-20-9-5-10-21-19/h5,9-10,16H,4,6-8,11-13H2,1-3H3,(H,22,26). The van der Waals surface area contributed by atoms with Crippen molar-refractivity contribution in [1.29, 1.82) is 0 Å². The number of carbonyl (C=O) groups is 1. The topological polar surface area (TPSA) is 75.9 Å². The van der Waals surface area contributed by atoms with Gasteiger partial charge in [0.25, 0.3) is 0 Å². The van der Waals surface area contributed by atoms with Crippen LogP contribution in [0.15, 0.2) is 18.5 Å². The third-order valence-corrected chi connectivity index (χ3v) is 5.20. The van der Waals surface area contributed by atoms with Crippen LogP contribution in [-0.4, -0.2) is 45.3 Å². The Bertz CT molecular complexity index is 742. The molecule has 7 heteroatoms. The van der Waals surface area contributed by atoms with E-state index in [1.807, 2.05) is 24.7 Å². The first kappa shape index (κ1) is 18.4. The number of anilines is 1. The summed E-state index contributed by atoms with van der Waals surface area (Å²) in [4.78, 5) is 23.1. The quantitative estimate of drug-likeness (QED) is 0.854. The summed E-state index contributed by atoms with van der Waals surface area (Å²) in [6.45, 7) is 6.64. The van der Waals surface area contributed by atoms with Gasteiger partial charge in [-0.15, -0.1) is 0 Å². The van der Waals surface area contributed by atoms with E-state index in [2.05, 4.69) is 32.2 Å². The molecule has 26 heavy (non-hydrogen) atoms. The van der Waals surface area contributed by atoms with Crippen molar-refractivity contribution in [3.63, 3.8) is 0 Å². The van der Waals surface area contributed by atoms with E-state index >= 15 is 0 Å². The average Bonchev–Trinajstić information content (AvgIpc) is 2.91. The van der Waals surface area contributed by atoms with Crippen LogP contribution in [0.5, 0.6) is 0 Å². The van der Waals surface area contributed by atoms with Gasteiger partial charge in [0.15, 0.2) is 0 Å². The van der Waals surface area contributed by atoms with E-state index in [9.17, 15) is 4.79 Å². The summed E-state index contributed by atoms with van der Waals surface area (Å²) in [7, 11) is 1.94. The van der Waals surface area contributed by atoms with Crippen LogP contribution in [0, 0.1) is 19.8 Å². The number of hydrogen-bond acceptors (Lipinski definition) is 5. The molecule has 1 N–H and O–H groups in total. The van der Waals surface area contributed by atoms with Crippen LogP contribution >= 0.6 is 0 Å². The first-order chi connectivity index (χ1) is 12.5. The van der Waals surface area contributed by atoms with E-state index in [4.69, 9.17) is 0 Å². The van der Waals surface area contributed by atoms with Crippen LogP contribution in [0.2, 0.25) is 0 Å². The third-order valence-electron chi connectivity index (χ3n) is 5.20. The molecule has 1 atom stereocenters. The summed E-state index contributed by atoms with van der Waals surface area (Å²) in [6, 6.07) is 1.83. The predicted octanol–water partition coefficient (Wildman–Crippen LogP) is 1.79. The minimum atomic E-state index is 0.112. The summed E-state index contributed by atoms with van der Waals surface area (Å²) in [5, 5.41) is 7.52. The largest absolute Gasteiger partial charge is 0.356 e. The highest BCUT2D eigenvalue weighted by Gasteiger charge is 2.22. The van der Waals surface area contributed by atoms with Crippen LogP contribution in [0.4, 0.5) is 5.95 Å². The van der Waals surface area contributed by atoms with Crippen LogP contribution in [-0.2, 0) is 18.3 Å². The van der Waals surface area contributed by atoms with E-state index in [0.29, 0.717) is 18.9 Å². The SMILES string of the molecule is Cc1nn(C)c(C)c1CCC(=O)NCC1CCCN(c2ncccn2)C1. The van der Waals surface area contributed by atoms with Crippen molar-refractivity contribution in [3.05, 3.63) is 35.4 Å². The lowest BCUT2D eigenvalue weighted by molar-refractivity contribution is -0.121. The number of amides is 1. The fraction of sp³-hybridized carbons (Fsp3) is 0.579. The van der Waals surface area contributed by atoms with Gasteiger partial charge in [-0.25, -0.2) is 9.97 Å².